The summed E-state index contributed by atoms with van der Waals surface area (Å²) in [6.07, 6.45) is 4.40. The Bertz CT molecular complexity index is 1090. The second-order valence-corrected chi connectivity index (χ2v) is 8.95. The second kappa shape index (κ2) is 6.33. The van der Waals surface area contributed by atoms with Crippen molar-refractivity contribution in [3.8, 4) is 0 Å². The van der Waals surface area contributed by atoms with Gasteiger partial charge in [-0.15, -0.1) is 11.8 Å². The lowest BCUT2D eigenvalue weighted by molar-refractivity contribution is 0.309. The van der Waals surface area contributed by atoms with Crippen molar-refractivity contribution >= 4 is 27.2 Å². The molecule has 6 nitrogen and oxygen atoms in total. The van der Waals surface area contributed by atoms with Crippen LogP contribution in [0.5, 0.6) is 0 Å². The summed E-state index contributed by atoms with van der Waals surface area (Å²) in [4.78, 5) is 6.93. The van der Waals surface area contributed by atoms with Crippen LogP contribution in [-0.2, 0) is 22.8 Å². The third-order valence-electron chi connectivity index (χ3n) is 4.46. The molecule has 1 aliphatic rings. The van der Waals surface area contributed by atoms with E-state index in [1.807, 2.05) is 13.2 Å². The first kappa shape index (κ1) is 17.4. The van der Waals surface area contributed by atoms with Crippen molar-refractivity contribution in [2.45, 2.75) is 27.8 Å². The van der Waals surface area contributed by atoms with Gasteiger partial charge in [-0.25, -0.2) is 22.3 Å². The number of fused-ring (bicyclic) bond motifs is 2. The van der Waals surface area contributed by atoms with Crippen LogP contribution in [0.4, 0.5) is 4.39 Å². The number of hydrogen-bond donors (Lipinski definition) is 0. The standard InChI is InChI=1S/C17H17FN4O2S2/c1-21-8-7-14-11(9-21)10-22-16(19-14)15(17(20-22)25-2)26(23,24)13-5-3-12(18)4-6-13/h3-6,10H,7-9H2,1-2H3. The largest absolute Gasteiger partial charge is 0.302 e. The minimum atomic E-state index is -3.86. The quantitative estimate of drug-likeness (QED) is 0.504. The summed E-state index contributed by atoms with van der Waals surface area (Å²) in [5, 5.41) is 4.81. The molecule has 3 aromatic rings. The van der Waals surface area contributed by atoms with Gasteiger partial charge in [-0.3, -0.25) is 0 Å². The summed E-state index contributed by atoms with van der Waals surface area (Å²) in [5.74, 6) is -0.481. The van der Waals surface area contributed by atoms with Crippen molar-refractivity contribution in [2.75, 3.05) is 19.8 Å². The van der Waals surface area contributed by atoms with Crippen molar-refractivity contribution in [2.24, 2.45) is 0 Å². The van der Waals surface area contributed by atoms with Gasteiger partial charge in [0.15, 0.2) is 10.5 Å². The Morgan fingerprint density at radius 3 is 2.65 bits per heavy atom. The maximum Gasteiger partial charge on any atom is 0.213 e. The molecule has 0 fully saturated rings. The van der Waals surface area contributed by atoms with Gasteiger partial charge in [0.2, 0.25) is 9.84 Å². The average Bonchev–Trinajstić information content (AvgIpc) is 2.98. The monoisotopic (exact) mass is 392 g/mol. The molecule has 0 N–H and O–H groups in total. The van der Waals surface area contributed by atoms with Crippen molar-refractivity contribution in [3.05, 3.63) is 47.5 Å². The van der Waals surface area contributed by atoms with Crippen molar-refractivity contribution < 1.29 is 12.8 Å². The molecule has 9 heteroatoms. The molecule has 0 bridgehead atoms. The van der Waals surface area contributed by atoms with Crippen LogP contribution in [0.15, 0.2) is 45.3 Å². The molecule has 26 heavy (non-hydrogen) atoms. The molecule has 4 rings (SSSR count). The number of nitrogens with zero attached hydrogens (tertiary/aromatic N) is 4. The van der Waals surface area contributed by atoms with Gasteiger partial charge >= 0.3 is 0 Å². The Labute approximate surface area is 155 Å². The van der Waals surface area contributed by atoms with Crippen LogP contribution in [0.1, 0.15) is 11.3 Å². The average molecular weight is 392 g/mol. The fourth-order valence-corrected chi connectivity index (χ4v) is 5.53. The van der Waals surface area contributed by atoms with Gasteiger partial charge in [0.1, 0.15) is 10.8 Å². The predicted molar refractivity (Wildman–Crippen MR) is 96.7 cm³/mol. The number of benzene rings is 1. The van der Waals surface area contributed by atoms with Crippen LogP contribution in [0.3, 0.4) is 0 Å². The van der Waals surface area contributed by atoms with Crippen molar-refractivity contribution in [1.82, 2.24) is 19.5 Å². The summed E-state index contributed by atoms with van der Waals surface area (Å²) in [5.41, 5.74) is 2.27. The molecule has 3 heterocycles. The highest BCUT2D eigenvalue weighted by Crippen LogP contribution is 2.33. The maximum absolute atomic E-state index is 13.2. The zero-order chi connectivity index (χ0) is 18.5. The zero-order valence-corrected chi connectivity index (χ0v) is 15.9. The fourth-order valence-electron chi connectivity index (χ4n) is 3.12. The van der Waals surface area contributed by atoms with Gasteiger partial charge in [-0.2, -0.15) is 5.10 Å². The Balaban J connectivity index is 1.95. The van der Waals surface area contributed by atoms with Crippen molar-refractivity contribution in [1.29, 1.82) is 0 Å². The van der Waals surface area contributed by atoms with Crippen LogP contribution in [0, 0.1) is 5.82 Å². The molecule has 0 saturated carbocycles. The van der Waals surface area contributed by atoms with E-state index in [1.54, 1.807) is 10.8 Å². The lowest BCUT2D eigenvalue weighted by Crippen LogP contribution is -2.27. The summed E-state index contributed by atoms with van der Waals surface area (Å²) in [7, 11) is -1.83. The third-order valence-corrected chi connectivity index (χ3v) is 7.07. The first-order valence-electron chi connectivity index (χ1n) is 8.04. The van der Waals surface area contributed by atoms with Gasteiger partial charge in [0, 0.05) is 31.3 Å². The van der Waals surface area contributed by atoms with E-state index in [0.29, 0.717) is 10.7 Å². The van der Waals surface area contributed by atoms with Crippen LogP contribution in [-0.4, -0.2) is 47.8 Å². The highest BCUT2D eigenvalue weighted by Gasteiger charge is 2.29. The number of likely N-dealkylation sites (N-methyl/N-ethyl adjacent to an activating group) is 1. The number of halogens is 1. The summed E-state index contributed by atoms with van der Waals surface area (Å²) in [6, 6.07) is 4.82. The molecule has 0 amide bonds. The van der Waals surface area contributed by atoms with Gasteiger partial charge in [0.25, 0.3) is 0 Å². The van der Waals surface area contributed by atoms with Gasteiger partial charge in [0.05, 0.1) is 10.6 Å². The predicted octanol–water partition coefficient (Wildman–Crippen LogP) is 2.41. The summed E-state index contributed by atoms with van der Waals surface area (Å²) >= 11 is 1.25. The Morgan fingerprint density at radius 1 is 1.23 bits per heavy atom. The van der Waals surface area contributed by atoms with Gasteiger partial charge in [-0.1, -0.05) is 0 Å². The fraction of sp³-hybridized carbons (Fsp3) is 0.294. The molecule has 0 unspecified atom stereocenters. The van der Waals surface area contributed by atoms with E-state index in [1.165, 1.54) is 23.9 Å². The van der Waals surface area contributed by atoms with E-state index < -0.39 is 15.7 Å². The molecule has 1 aliphatic heterocycles. The number of sulfone groups is 1. The molecule has 136 valence electrons. The van der Waals surface area contributed by atoms with E-state index in [2.05, 4.69) is 15.0 Å². The first-order chi connectivity index (χ1) is 12.4. The molecule has 1 aromatic carbocycles. The van der Waals surface area contributed by atoms with E-state index in [9.17, 15) is 12.8 Å². The number of aromatic nitrogens is 3. The Kier molecular flexibility index (Phi) is 4.25. The maximum atomic E-state index is 13.2. The Hall–Kier alpha value is -1.97. The number of thioether (sulfide) groups is 1. The van der Waals surface area contributed by atoms with Crippen LogP contribution >= 0.6 is 11.8 Å². The molecule has 0 saturated heterocycles. The Morgan fingerprint density at radius 2 is 1.96 bits per heavy atom. The molecular weight excluding hydrogens is 375 g/mol. The smallest absolute Gasteiger partial charge is 0.213 e. The highest BCUT2D eigenvalue weighted by atomic mass is 32.2. The van der Waals surface area contributed by atoms with Gasteiger partial charge in [-0.05, 0) is 37.6 Å². The highest BCUT2D eigenvalue weighted by molar-refractivity contribution is 7.99. The zero-order valence-electron chi connectivity index (χ0n) is 14.3. The third kappa shape index (κ3) is 2.80. The molecule has 0 spiro atoms. The minimum absolute atomic E-state index is 0.0309. The normalized spacial score (nSPS) is 15.3. The van der Waals surface area contributed by atoms with Crippen LogP contribution < -0.4 is 0 Å². The summed E-state index contributed by atoms with van der Waals surface area (Å²) in [6.45, 7) is 1.63. The van der Waals surface area contributed by atoms with E-state index >= 15 is 0 Å². The van der Waals surface area contributed by atoms with E-state index in [4.69, 9.17) is 0 Å². The lowest BCUT2D eigenvalue weighted by Gasteiger charge is -2.23. The molecule has 0 radical (unpaired) electrons. The SMILES string of the molecule is CSc1nn2cc3c(nc2c1S(=O)(=O)c1ccc(F)cc1)CCN(C)C3. The lowest BCUT2D eigenvalue weighted by atomic mass is 10.1. The number of rotatable bonds is 3. The van der Waals surface area contributed by atoms with Crippen molar-refractivity contribution in [3.63, 3.8) is 0 Å². The van der Waals surface area contributed by atoms with E-state index in [-0.39, 0.29) is 9.79 Å². The van der Waals surface area contributed by atoms with Crippen LogP contribution in [0.2, 0.25) is 0 Å². The minimum Gasteiger partial charge on any atom is -0.302 e. The topological polar surface area (TPSA) is 67.6 Å². The van der Waals surface area contributed by atoms with Gasteiger partial charge < -0.3 is 4.90 Å². The van der Waals surface area contributed by atoms with Crippen LogP contribution in [0.25, 0.3) is 5.65 Å². The molecule has 2 aromatic heterocycles. The van der Waals surface area contributed by atoms with E-state index in [0.717, 1.165) is 42.9 Å². The molecular formula is C17H17FN4O2S2. The first-order valence-corrected chi connectivity index (χ1v) is 10.8. The number of hydrogen-bond acceptors (Lipinski definition) is 6. The molecule has 0 atom stereocenters. The summed E-state index contributed by atoms with van der Waals surface area (Å²) < 4.78 is 41.1. The second-order valence-electron chi connectivity index (χ2n) is 6.26. The molecule has 0 aliphatic carbocycles.